The quantitative estimate of drug-likeness (QED) is 0.649. The first-order valence-electron chi connectivity index (χ1n) is 6.87. The fourth-order valence-corrected chi connectivity index (χ4v) is 4.44. The molecule has 2 rings (SSSR count). The van der Waals surface area contributed by atoms with Crippen molar-refractivity contribution >= 4 is 38.0 Å². The van der Waals surface area contributed by atoms with Crippen molar-refractivity contribution in [2.24, 2.45) is 5.41 Å². The number of fused-ring (bicyclic) bond motifs is 1. The zero-order valence-electron chi connectivity index (χ0n) is 12.3. The molecule has 6 heteroatoms. The number of nitrogens with two attached hydrogens (primary N) is 1. The topological polar surface area (TPSA) is 79.8 Å². The van der Waals surface area contributed by atoms with Gasteiger partial charge < -0.3 is 5.73 Å². The molecule has 1 aromatic heterocycles. The number of thiazole rings is 1. The molecular formula is C15H19N3OS2. The second-order valence-corrected chi connectivity index (χ2v) is 8.48. The molecule has 0 saturated heterocycles. The Morgan fingerprint density at radius 2 is 2.19 bits per heavy atom. The lowest BCUT2D eigenvalue weighted by molar-refractivity contribution is 0.432. The van der Waals surface area contributed by atoms with Crippen molar-refractivity contribution in [3.63, 3.8) is 0 Å². The predicted octanol–water partition coefficient (Wildman–Crippen LogP) is 3.71. The number of benzene rings is 1. The second-order valence-electron chi connectivity index (χ2n) is 5.71. The maximum Gasteiger partial charge on any atom is 0.181 e. The van der Waals surface area contributed by atoms with Gasteiger partial charge in [0, 0.05) is 11.4 Å². The Morgan fingerprint density at radius 1 is 1.43 bits per heavy atom. The summed E-state index contributed by atoms with van der Waals surface area (Å²) in [6.45, 7) is 3.86. The van der Waals surface area contributed by atoms with Crippen molar-refractivity contribution < 1.29 is 4.21 Å². The summed E-state index contributed by atoms with van der Waals surface area (Å²) in [7, 11) is -1.07. The van der Waals surface area contributed by atoms with Crippen LogP contribution in [0.15, 0.2) is 22.5 Å². The first kappa shape index (κ1) is 15.9. The Hall–Kier alpha value is -1.45. The molecule has 1 heterocycles. The monoisotopic (exact) mass is 321 g/mol. The van der Waals surface area contributed by atoms with Gasteiger partial charge in [0.15, 0.2) is 4.34 Å². The van der Waals surface area contributed by atoms with Crippen LogP contribution in [-0.4, -0.2) is 14.9 Å². The van der Waals surface area contributed by atoms with Gasteiger partial charge in [0.25, 0.3) is 0 Å². The van der Waals surface area contributed by atoms with Crippen LogP contribution < -0.4 is 5.73 Å². The molecule has 0 saturated carbocycles. The Bertz CT molecular complexity index is 700. The van der Waals surface area contributed by atoms with E-state index in [1.54, 1.807) is 6.07 Å². The number of unbranched alkanes of at least 4 members (excludes halogenated alkanes) is 1. The molecule has 112 valence electrons. The van der Waals surface area contributed by atoms with E-state index in [-0.39, 0.29) is 5.41 Å². The Kier molecular flexibility index (Phi) is 4.96. The van der Waals surface area contributed by atoms with Crippen LogP contribution >= 0.6 is 11.3 Å². The van der Waals surface area contributed by atoms with Crippen LogP contribution in [0.1, 0.15) is 33.1 Å². The minimum absolute atomic E-state index is 0.297. The number of anilines is 1. The SMILES string of the molecule is CC(C)(C#N)CCCCS(=O)c1nc2ccc(N)cc2s1. The van der Waals surface area contributed by atoms with E-state index in [9.17, 15) is 4.21 Å². The molecule has 0 amide bonds. The fourth-order valence-electron chi connectivity index (χ4n) is 1.96. The zero-order chi connectivity index (χ0) is 15.5. The predicted molar refractivity (Wildman–Crippen MR) is 88.6 cm³/mol. The minimum Gasteiger partial charge on any atom is -0.399 e. The number of nitrogens with zero attached hydrogens (tertiary/aromatic N) is 2. The van der Waals surface area contributed by atoms with Crippen molar-refractivity contribution in [2.45, 2.75) is 37.4 Å². The average molecular weight is 321 g/mol. The molecule has 1 atom stereocenters. The van der Waals surface area contributed by atoms with Crippen LogP contribution in [0.5, 0.6) is 0 Å². The van der Waals surface area contributed by atoms with Crippen LogP contribution in [0.2, 0.25) is 0 Å². The number of hydrogen-bond acceptors (Lipinski definition) is 5. The summed E-state index contributed by atoms with van der Waals surface area (Å²) in [6.07, 6.45) is 2.58. The maximum absolute atomic E-state index is 12.3. The van der Waals surface area contributed by atoms with E-state index >= 15 is 0 Å². The number of rotatable bonds is 6. The molecular weight excluding hydrogens is 302 g/mol. The molecule has 2 aromatic rings. The van der Waals surface area contributed by atoms with Gasteiger partial charge in [-0.3, -0.25) is 4.21 Å². The molecule has 1 unspecified atom stereocenters. The smallest absolute Gasteiger partial charge is 0.181 e. The Labute approximate surface area is 131 Å². The van der Waals surface area contributed by atoms with E-state index in [0.717, 1.165) is 29.5 Å². The maximum atomic E-state index is 12.3. The van der Waals surface area contributed by atoms with Gasteiger partial charge in [0.2, 0.25) is 0 Å². The third kappa shape index (κ3) is 4.26. The summed E-state index contributed by atoms with van der Waals surface area (Å²) in [5, 5.41) is 8.96. The minimum atomic E-state index is -1.07. The summed E-state index contributed by atoms with van der Waals surface area (Å²) in [4.78, 5) is 4.41. The Balaban J connectivity index is 1.92. The molecule has 0 spiro atoms. The summed E-state index contributed by atoms with van der Waals surface area (Å²) < 4.78 is 13.9. The molecule has 0 aliphatic rings. The molecule has 0 radical (unpaired) electrons. The van der Waals surface area contributed by atoms with Crippen LogP contribution in [0.4, 0.5) is 5.69 Å². The highest BCUT2D eigenvalue weighted by Crippen LogP contribution is 2.27. The number of aromatic nitrogens is 1. The molecule has 0 aliphatic heterocycles. The summed E-state index contributed by atoms with van der Waals surface area (Å²) >= 11 is 1.44. The summed E-state index contributed by atoms with van der Waals surface area (Å²) in [5.41, 5.74) is 6.99. The molecule has 0 aliphatic carbocycles. The number of hydrogen-bond donors (Lipinski definition) is 1. The van der Waals surface area contributed by atoms with E-state index in [0.29, 0.717) is 15.8 Å². The van der Waals surface area contributed by atoms with Gasteiger partial charge in [0.05, 0.1) is 32.5 Å². The lowest BCUT2D eigenvalue weighted by atomic mass is 9.89. The largest absolute Gasteiger partial charge is 0.399 e. The third-order valence-corrected chi connectivity index (χ3v) is 6.03. The van der Waals surface area contributed by atoms with Gasteiger partial charge in [-0.05, 0) is 44.9 Å². The van der Waals surface area contributed by atoms with Gasteiger partial charge in [0.1, 0.15) is 0 Å². The van der Waals surface area contributed by atoms with Crippen molar-refractivity contribution in [3.8, 4) is 6.07 Å². The van der Waals surface area contributed by atoms with Crippen LogP contribution in [0, 0.1) is 16.7 Å². The van der Waals surface area contributed by atoms with E-state index in [1.165, 1.54) is 11.3 Å². The first-order valence-corrected chi connectivity index (χ1v) is 9.00. The van der Waals surface area contributed by atoms with Crippen LogP contribution in [-0.2, 0) is 10.8 Å². The first-order chi connectivity index (χ1) is 9.91. The van der Waals surface area contributed by atoms with Gasteiger partial charge in [-0.2, -0.15) is 5.26 Å². The highest BCUT2D eigenvalue weighted by molar-refractivity contribution is 7.87. The third-order valence-electron chi connectivity index (χ3n) is 3.27. The van der Waals surface area contributed by atoms with Crippen molar-refractivity contribution in [3.05, 3.63) is 18.2 Å². The summed E-state index contributed by atoms with van der Waals surface area (Å²) in [5.74, 6) is 0.594. The average Bonchev–Trinajstić information content (AvgIpc) is 2.86. The normalized spacial score (nSPS) is 13.2. The van der Waals surface area contributed by atoms with E-state index < -0.39 is 10.8 Å². The van der Waals surface area contributed by atoms with Crippen molar-refractivity contribution in [2.75, 3.05) is 11.5 Å². The van der Waals surface area contributed by atoms with Crippen LogP contribution in [0.25, 0.3) is 10.2 Å². The second kappa shape index (κ2) is 6.54. The van der Waals surface area contributed by atoms with Gasteiger partial charge in [-0.15, -0.1) is 11.3 Å². The lowest BCUT2D eigenvalue weighted by Gasteiger charge is -2.13. The highest BCUT2D eigenvalue weighted by atomic mass is 32.2. The van der Waals surface area contributed by atoms with Gasteiger partial charge in [-0.25, -0.2) is 4.98 Å². The molecule has 1 aromatic carbocycles. The standard InChI is InChI=1S/C15H19N3OS2/c1-15(2,10-16)7-3-4-8-21(19)14-18-12-6-5-11(17)9-13(12)20-14/h5-6,9H,3-4,7-8,17H2,1-2H3. The van der Waals surface area contributed by atoms with E-state index in [2.05, 4.69) is 11.1 Å². The van der Waals surface area contributed by atoms with Crippen LogP contribution in [0.3, 0.4) is 0 Å². The highest BCUT2D eigenvalue weighted by Gasteiger charge is 2.16. The number of nitriles is 1. The molecule has 0 fully saturated rings. The molecule has 4 nitrogen and oxygen atoms in total. The lowest BCUT2D eigenvalue weighted by Crippen LogP contribution is -2.08. The van der Waals surface area contributed by atoms with Crippen molar-refractivity contribution in [1.29, 1.82) is 5.26 Å². The molecule has 0 bridgehead atoms. The fraction of sp³-hybridized carbons (Fsp3) is 0.467. The van der Waals surface area contributed by atoms with E-state index in [1.807, 2.05) is 26.0 Å². The zero-order valence-corrected chi connectivity index (χ0v) is 13.9. The number of nitrogen functional groups attached to an aromatic ring is 1. The summed E-state index contributed by atoms with van der Waals surface area (Å²) in [6, 6.07) is 7.81. The molecule has 21 heavy (non-hydrogen) atoms. The van der Waals surface area contributed by atoms with E-state index in [4.69, 9.17) is 11.0 Å². The molecule has 2 N–H and O–H groups in total. The van der Waals surface area contributed by atoms with Gasteiger partial charge >= 0.3 is 0 Å². The van der Waals surface area contributed by atoms with Crippen molar-refractivity contribution in [1.82, 2.24) is 4.98 Å². The van der Waals surface area contributed by atoms with Gasteiger partial charge in [-0.1, -0.05) is 6.42 Å². The Morgan fingerprint density at radius 3 is 2.90 bits per heavy atom.